The lowest BCUT2D eigenvalue weighted by atomic mass is 10.0. The van der Waals surface area contributed by atoms with Crippen molar-refractivity contribution in [3.8, 4) is 11.3 Å². The van der Waals surface area contributed by atoms with Gasteiger partial charge in [0, 0.05) is 18.0 Å². The number of furan rings is 1. The maximum atomic E-state index is 13.0. The molecule has 1 radical (unpaired) electrons. The number of hydrogen-bond acceptors (Lipinski definition) is 2. The van der Waals surface area contributed by atoms with Crippen molar-refractivity contribution in [1.82, 2.24) is 5.32 Å². The number of amides is 1. The standard InChI is InChI=1S/C16H11FNO2/c1-18-16(19)14-12-4-2-3-5-13(12)20-15(14)10-6-8-11(17)9-7-10/h3-9H,1H3,(H,18,19). The molecule has 2 aromatic carbocycles. The maximum absolute atomic E-state index is 13.0. The van der Waals surface area contributed by atoms with Crippen molar-refractivity contribution in [1.29, 1.82) is 0 Å². The van der Waals surface area contributed by atoms with Crippen molar-refractivity contribution >= 4 is 16.9 Å². The molecule has 99 valence electrons. The van der Waals surface area contributed by atoms with Crippen molar-refractivity contribution < 1.29 is 13.6 Å². The Morgan fingerprint density at radius 3 is 2.70 bits per heavy atom. The van der Waals surface area contributed by atoms with Crippen LogP contribution in [0.3, 0.4) is 0 Å². The van der Waals surface area contributed by atoms with Crippen LogP contribution >= 0.6 is 0 Å². The Hall–Kier alpha value is -2.62. The predicted molar refractivity (Wildman–Crippen MR) is 73.8 cm³/mol. The van der Waals surface area contributed by atoms with E-state index in [1.165, 1.54) is 12.1 Å². The molecule has 3 rings (SSSR count). The van der Waals surface area contributed by atoms with Gasteiger partial charge in [0.15, 0.2) is 0 Å². The highest BCUT2D eigenvalue weighted by Gasteiger charge is 2.20. The highest BCUT2D eigenvalue weighted by atomic mass is 19.1. The SMILES string of the molecule is CNC(=O)c1c(-c2ccc(F)cc2)oc2cc[c]cc12. The van der Waals surface area contributed by atoms with E-state index in [1.54, 1.807) is 37.4 Å². The van der Waals surface area contributed by atoms with Gasteiger partial charge in [-0.05, 0) is 42.5 Å². The smallest absolute Gasteiger partial charge is 0.255 e. The number of fused-ring (bicyclic) bond motifs is 1. The van der Waals surface area contributed by atoms with Gasteiger partial charge in [-0.2, -0.15) is 0 Å². The predicted octanol–water partition coefficient (Wildman–Crippen LogP) is 3.40. The molecule has 0 aliphatic rings. The average molecular weight is 268 g/mol. The van der Waals surface area contributed by atoms with Gasteiger partial charge in [0.05, 0.1) is 5.56 Å². The zero-order valence-corrected chi connectivity index (χ0v) is 10.7. The number of nitrogens with one attached hydrogen (secondary N) is 1. The summed E-state index contributed by atoms with van der Waals surface area (Å²) in [6.45, 7) is 0. The fourth-order valence-corrected chi connectivity index (χ4v) is 2.14. The van der Waals surface area contributed by atoms with E-state index < -0.39 is 0 Å². The number of halogens is 1. The van der Waals surface area contributed by atoms with Crippen LogP contribution in [-0.2, 0) is 0 Å². The van der Waals surface area contributed by atoms with Gasteiger partial charge in [0.25, 0.3) is 5.91 Å². The van der Waals surface area contributed by atoms with E-state index >= 15 is 0 Å². The summed E-state index contributed by atoms with van der Waals surface area (Å²) in [5.41, 5.74) is 1.69. The number of carbonyl (C=O) groups excluding carboxylic acids is 1. The Morgan fingerprint density at radius 2 is 2.00 bits per heavy atom. The van der Waals surface area contributed by atoms with Crippen LogP contribution in [0.25, 0.3) is 22.3 Å². The summed E-state index contributed by atoms with van der Waals surface area (Å²) in [5, 5.41) is 3.28. The Kier molecular flexibility index (Phi) is 2.99. The second kappa shape index (κ2) is 4.81. The Balaban J connectivity index is 2.29. The molecule has 0 fully saturated rings. The van der Waals surface area contributed by atoms with Crippen molar-refractivity contribution in [2.24, 2.45) is 0 Å². The number of carbonyl (C=O) groups is 1. The van der Waals surface area contributed by atoms with E-state index in [9.17, 15) is 9.18 Å². The van der Waals surface area contributed by atoms with Crippen LogP contribution in [0.4, 0.5) is 4.39 Å². The first-order chi connectivity index (χ1) is 9.70. The minimum absolute atomic E-state index is 0.248. The monoisotopic (exact) mass is 268 g/mol. The van der Waals surface area contributed by atoms with E-state index in [0.717, 1.165) is 0 Å². The molecule has 20 heavy (non-hydrogen) atoms. The van der Waals surface area contributed by atoms with Gasteiger partial charge >= 0.3 is 0 Å². The lowest BCUT2D eigenvalue weighted by Crippen LogP contribution is -2.18. The first kappa shape index (κ1) is 12.4. The second-order valence-electron chi connectivity index (χ2n) is 4.31. The topological polar surface area (TPSA) is 42.2 Å². The number of hydrogen-bond donors (Lipinski definition) is 1. The van der Waals surface area contributed by atoms with Crippen LogP contribution < -0.4 is 5.32 Å². The first-order valence-corrected chi connectivity index (χ1v) is 6.11. The van der Waals surface area contributed by atoms with Gasteiger partial charge in [-0.3, -0.25) is 4.79 Å². The first-order valence-electron chi connectivity index (χ1n) is 6.11. The van der Waals surface area contributed by atoms with E-state index in [4.69, 9.17) is 4.42 Å². The molecule has 0 aliphatic carbocycles. The minimum Gasteiger partial charge on any atom is -0.455 e. The summed E-state index contributed by atoms with van der Waals surface area (Å²) in [7, 11) is 1.56. The summed E-state index contributed by atoms with van der Waals surface area (Å²) in [5.74, 6) is -0.152. The van der Waals surface area contributed by atoms with Crippen molar-refractivity contribution in [2.45, 2.75) is 0 Å². The van der Waals surface area contributed by atoms with Crippen molar-refractivity contribution in [3.63, 3.8) is 0 Å². The molecule has 3 nitrogen and oxygen atoms in total. The lowest BCUT2D eigenvalue weighted by Gasteiger charge is -2.02. The van der Waals surface area contributed by atoms with Crippen LogP contribution in [0.2, 0.25) is 0 Å². The normalized spacial score (nSPS) is 10.7. The van der Waals surface area contributed by atoms with Crippen LogP contribution in [0.5, 0.6) is 0 Å². The largest absolute Gasteiger partial charge is 0.455 e. The molecule has 1 heterocycles. The van der Waals surface area contributed by atoms with Crippen LogP contribution in [0.15, 0.2) is 46.9 Å². The Labute approximate surface area is 115 Å². The zero-order chi connectivity index (χ0) is 14.1. The van der Waals surface area contributed by atoms with Crippen molar-refractivity contribution in [2.75, 3.05) is 7.05 Å². The summed E-state index contributed by atoms with van der Waals surface area (Å²) in [4.78, 5) is 12.1. The van der Waals surface area contributed by atoms with Crippen LogP contribution in [0, 0.1) is 11.9 Å². The average Bonchev–Trinajstić information content (AvgIpc) is 2.86. The van der Waals surface area contributed by atoms with E-state index in [0.29, 0.717) is 27.9 Å². The maximum Gasteiger partial charge on any atom is 0.255 e. The third kappa shape index (κ3) is 1.95. The minimum atomic E-state index is -0.334. The van der Waals surface area contributed by atoms with Crippen LogP contribution in [-0.4, -0.2) is 13.0 Å². The van der Waals surface area contributed by atoms with E-state index in [-0.39, 0.29) is 11.7 Å². The summed E-state index contributed by atoms with van der Waals surface area (Å²) in [6.07, 6.45) is 0. The quantitative estimate of drug-likeness (QED) is 0.774. The van der Waals surface area contributed by atoms with Crippen molar-refractivity contribution in [3.05, 3.63) is 59.9 Å². The van der Waals surface area contributed by atoms with E-state index in [1.807, 2.05) is 0 Å². The third-order valence-corrected chi connectivity index (χ3v) is 3.09. The molecule has 3 aromatic rings. The second-order valence-corrected chi connectivity index (χ2v) is 4.31. The molecule has 1 amide bonds. The highest BCUT2D eigenvalue weighted by Crippen LogP contribution is 2.33. The molecule has 0 bridgehead atoms. The van der Waals surface area contributed by atoms with E-state index in [2.05, 4.69) is 11.4 Å². The fraction of sp³-hybridized carbons (Fsp3) is 0.0625. The molecule has 0 spiro atoms. The summed E-state index contributed by atoms with van der Waals surface area (Å²) >= 11 is 0. The number of rotatable bonds is 2. The fourth-order valence-electron chi connectivity index (χ4n) is 2.14. The van der Waals surface area contributed by atoms with Gasteiger partial charge in [-0.25, -0.2) is 4.39 Å². The van der Waals surface area contributed by atoms with Gasteiger partial charge in [-0.15, -0.1) is 0 Å². The molecule has 0 saturated carbocycles. The van der Waals surface area contributed by atoms with Gasteiger partial charge in [0.1, 0.15) is 17.2 Å². The molecule has 1 aromatic heterocycles. The summed E-state index contributed by atoms with van der Waals surface area (Å²) < 4.78 is 18.8. The Bertz CT molecular complexity index is 775. The molecule has 1 N–H and O–H groups in total. The van der Waals surface area contributed by atoms with Gasteiger partial charge in [0.2, 0.25) is 0 Å². The molecule has 0 atom stereocenters. The molecule has 0 unspecified atom stereocenters. The zero-order valence-electron chi connectivity index (χ0n) is 10.7. The highest BCUT2D eigenvalue weighted by molar-refractivity contribution is 6.11. The van der Waals surface area contributed by atoms with Crippen LogP contribution in [0.1, 0.15) is 10.4 Å². The third-order valence-electron chi connectivity index (χ3n) is 3.09. The molecule has 0 aliphatic heterocycles. The molecular weight excluding hydrogens is 257 g/mol. The molecule has 0 saturated heterocycles. The summed E-state index contributed by atoms with van der Waals surface area (Å²) in [6, 6.07) is 13.9. The lowest BCUT2D eigenvalue weighted by molar-refractivity contribution is 0.0964. The van der Waals surface area contributed by atoms with Gasteiger partial charge < -0.3 is 9.73 Å². The molecular formula is C16H11FNO2. The molecule has 4 heteroatoms. The Morgan fingerprint density at radius 1 is 1.25 bits per heavy atom. The van der Waals surface area contributed by atoms with Gasteiger partial charge in [-0.1, -0.05) is 6.07 Å². The number of benzene rings is 2.